The summed E-state index contributed by atoms with van der Waals surface area (Å²) in [5.74, 6) is -0.103. The molecule has 0 radical (unpaired) electrons. The topological polar surface area (TPSA) is 26.3 Å². The van der Waals surface area contributed by atoms with Crippen molar-refractivity contribution in [1.82, 2.24) is 0 Å². The number of benzene rings is 1. The Hall–Kier alpha value is -1.83. The van der Waals surface area contributed by atoms with Gasteiger partial charge in [-0.2, -0.15) is 0 Å². The number of hydrogen-bond acceptors (Lipinski definition) is 2. The van der Waals surface area contributed by atoms with Crippen molar-refractivity contribution in [3.05, 3.63) is 60.2 Å². The zero-order valence-corrected chi connectivity index (χ0v) is 13.7. The third kappa shape index (κ3) is 9.98. The molecule has 22 heavy (non-hydrogen) atoms. The van der Waals surface area contributed by atoms with Gasteiger partial charge in [0.1, 0.15) is 0 Å². The number of hydrogen-bond donors (Lipinski definition) is 0. The normalized spacial score (nSPS) is 11.3. The van der Waals surface area contributed by atoms with E-state index in [1.807, 2.05) is 0 Å². The minimum absolute atomic E-state index is 0.103. The first kappa shape index (κ1) is 18.2. The van der Waals surface area contributed by atoms with E-state index in [2.05, 4.69) is 59.4 Å². The molecule has 0 heterocycles. The maximum atomic E-state index is 10.9. The quantitative estimate of drug-likeness (QED) is 0.317. The fourth-order valence-electron chi connectivity index (χ4n) is 2.23. The molecule has 2 nitrogen and oxygen atoms in total. The Labute approximate surface area is 134 Å². The molecule has 0 amide bonds. The van der Waals surface area contributed by atoms with Gasteiger partial charge in [0, 0.05) is 6.42 Å². The molecule has 0 aromatic heterocycles. The molecule has 0 N–H and O–H groups in total. The number of ether oxygens (including phenoxy) is 1. The molecule has 2 heteroatoms. The van der Waals surface area contributed by atoms with Gasteiger partial charge in [-0.15, -0.1) is 0 Å². The molecule has 120 valence electrons. The fraction of sp³-hybridized carbons (Fsp3) is 0.450. The van der Waals surface area contributed by atoms with Crippen molar-refractivity contribution in [2.24, 2.45) is 0 Å². The van der Waals surface area contributed by atoms with Crippen LogP contribution in [0.5, 0.6) is 0 Å². The minimum atomic E-state index is -0.103. The van der Waals surface area contributed by atoms with Crippen molar-refractivity contribution in [2.45, 2.75) is 51.4 Å². The van der Waals surface area contributed by atoms with E-state index < -0.39 is 0 Å². The van der Waals surface area contributed by atoms with E-state index in [0.717, 1.165) is 38.5 Å². The van der Waals surface area contributed by atoms with E-state index in [1.165, 1.54) is 19.1 Å². The zero-order valence-electron chi connectivity index (χ0n) is 13.7. The van der Waals surface area contributed by atoms with E-state index in [4.69, 9.17) is 0 Å². The molecule has 0 unspecified atom stereocenters. The highest BCUT2D eigenvalue weighted by Gasteiger charge is 1.97. The SMILES string of the molecule is COC(=O)CCCCC/C=C/C=C/CCCc1ccccc1. The Kier molecular flexibility index (Phi) is 10.7. The molecule has 0 spiro atoms. The van der Waals surface area contributed by atoms with E-state index in [9.17, 15) is 4.79 Å². The average Bonchev–Trinajstić information content (AvgIpc) is 2.56. The lowest BCUT2D eigenvalue weighted by Gasteiger charge is -1.98. The number of carbonyl (C=O) groups excluding carboxylic acids is 1. The molecule has 0 saturated heterocycles. The summed E-state index contributed by atoms with van der Waals surface area (Å²) in [7, 11) is 1.44. The Balaban J connectivity index is 1.93. The van der Waals surface area contributed by atoms with E-state index in [-0.39, 0.29) is 5.97 Å². The monoisotopic (exact) mass is 300 g/mol. The summed E-state index contributed by atoms with van der Waals surface area (Å²) in [5.41, 5.74) is 1.42. The lowest BCUT2D eigenvalue weighted by atomic mass is 10.1. The van der Waals surface area contributed by atoms with Crippen LogP contribution in [-0.4, -0.2) is 13.1 Å². The van der Waals surface area contributed by atoms with E-state index in [1.54, 1.807) is 0 Å². The second kappa shape index (κ2) is 12.9. The van der Waals surface area contributed by atoms with Gasteiger partial charge in [0.15, 0.2) is 0 Å². The first-order chi connectivity index (χ1) is 10.8. The number of rotatable bonds is 11. The zero-order chi connectivity index (χ0) is 15.9. The van der Waals surface area contributed by atoms with Gasteiger partial charge < -0.3 is 4.74 Å². The van der Waals surface area contributed by atoms with Crippen LogP contribution in [0.15, 0.2) is 54.6 Å². The third-order valence-corrected chi connectivity index (χ3v) is 3.54. The summed E-state index contributed by atoms with van der Waals surface area (Å²) in [6.45, 7) is 0. The van der Waals surface area contributed by atoms with Crippen LogP contribution >= 0.6 is 0 Å². The Morgan fingerprint density at radius 3 is 2.32 bits per heavy atom. The Bertz CT molecular complexity index is 446. The second-order valence-corrected chi connectivity index (χ2v) is 5.41. The van der Waals surface area contributed by atoms with E-state index >= 15 is 0 Å². The van der Waals surface area contributed by atoms with Gasteiger partial charge in [-0.3, -0.25) is 4.79 Å². The van der Waals surface area contributed by atoms with Crippen LogP contribution < -0.4 is 0 Å². The highest BCUT2D eigenvalue weighted by molar-refractivity contribution is 5.68. The summed E-state index contributed by atoms with van der Waals surface area (Å²) in [5, 5.41) is 0. The van der Waals surface area contributed by atoms with Crippen LogP contribution in [0.25, 0.3) is 0 Å². The van der Waals surface area contributed by atoms with Crippen molar-refractivity contribution in [3.8, 4) is 0 Å². The van der Waals surface area contributed by atoms with Crippen LogP contribution in [0.1, 0.15) is 50.5 Å². The fourth-order valence-corrected chi connectivity index (χ4v) is 2.23. The number of unbranched alkanes of at least 4 members (excludes halogenated alkanes) is 4. The predicted molar refractivity (Wildman–Crippen MR) is 92.8 cm³/mol. The van der Waals surface area contributed by atoms with Gasteiger partial charge in [-0.25, -0.2) is 0 Å². The van der Waals surface area contributed by atoms with Gasteiger partial charge in [0.2, 0.25) is 0 Å². The van der Waals surface area contributed by atoms with Gasteiger partial charge in [0.25, 0.3) is 0 Å². The standard InChI is InChI=1S/C20H28O2/c1-22-20(21)18-14-9-7-5-3-2-4-6-8-11-15-19-16-12-10-13-17-19/h2-4,6,10,12-13,16-17H,5,7-9,11,14-15,18H2,1H3/b3-2+,6-4+. The number of methoxy groups -OCH3 is 1. The number of aryl methyl sites for hydroxylation is 1. The van der Waals surface area contributed by atoms with Crippen molar-refractivity contribution in [3.63, 3.8) is 0 Å². The minimum Gasteiger partial charge on any atom is -0.469 e. The number of carbonyl (C=O) groups is 1. The van der Waals surface area contributed by atoms with Crippen LogP contribution in [-0.2, 0) is 16.0 Å². The summed E-state index contributed by atoms with van der Waals surface area (Å²) < 4.78 is 4.61. The first-order valence-corrected chi connectivity index (χ1v) is 8.25. The molecule has 0 aliphatic heterocycles. The predicted octanol–water partition coefficient (Wildman–Crippen LogP) is 5.25. The first-order valence-electron chi connectivity index (χ1n) is 8.25. The average molecular weight is 300 g/mol. The maximum Gasteiger partial charge on any atom is 0.305 e. The molecule has 1 rings (SSSR count). The van der Waals surface area contributed by atoms with Crippen LogP contribution in [0.4, 0.5) is 0 Å². The largest absolute Gasteiger partial charge is 0.469 e. The summed E-state index contributed by atoms with van der Waals surface area (Å²) in [6.07, 6.45) is 16.9. The Morgan fingerprint density at radius 1 is 0.955 bits per heavy atom. The van der Waals surface area contributed by atoms with Gasteiger partial charge in [-0.1, -0.05) is 61.1 Å². The summed E-state index contributed by atoms with van der Waals surface area (Å²) >= 11 is 0. The van der Waals surface area contributed by atoms with Crippen molar-refractivity contribution in [2.75, 3.05) is 7.11 Å². The molecule has 0 atom stereocenters. The molecular formula is C20H28O2. The smallest absolute Gasteiger partial charge is 0.305 e. The molecule has 1 aromatic rings. The molecule has 0 fully saturated rings. The summed E-state index contributed by atoms with van der Waals surface area (Å²) in [4.78, 5) is 10.9. The molecule has 1 aromatic carbocycles. The lowest BCUT2D eigenvalue weighted by molar-refractivity contribution is -0.140. The molecule has 0 aliphatic carbocycles. The van der Waals surface area contributed by atoms with Gasteiger partial charge in [0.05, 0.1) is 7.11 Å². The maximum absolute atomic E-state index is 10.9. The highest BCUT2D eigenvalue weighted by Crippen LogP contribution is 2.06. The molecular weight excluding hydrogens is 272 g/mol. The van der Waals surface area contributed by atoms with Gasteiger partial charge in [-0.05, 0) is 44.1 Å². The number of allylic oxidation sites excluding steroid dienone is 4. The van der Waals surface area contributed by atoms with Crippen molar-refractivity contribution in [1.29, 1.82) is 0 Å². The molecule has 0 bridgehead atoms. The summed E-state index contributed by atoms with van der Waals surface area (Å²) in [6, 6.07) is 10.6. The highest BCUT2D eigenvalue weighted by atomic mass is 16.5. The number of esters is 1. The van der Waals surface area contributed by atoms with Gasteiger partial charge >= 0.3 is 5.97 Å². The van der Waals surface area contributed by atoms with Crippen LogP contribution in [0.3, 0.4) is 0 Å². The van der Waals surface area contributed by atoms with Crippen molar-refractivity contribution < 1.29 is 9.53 Å². The van der Waals surface area contributed by atoms with Crippen LogP contribution in [0.2, 0.25) is 0 Å². The van der Waals surface area contributed by atoms with Crippen molar-refractivity contribution >= 4 is 5.97 Å². The second-order valence-electron chi connectivity index (χ2n) is 5.41. The molecule has 0 saturated carbocycles. The molecule has 0 aliphatic rings. The third-order valence-electron chi connectivity index (χ3n) is 3.54. The van der Waals surface area contributed by atoms with Crippen LogP contribution in [0, 0.1) is 0 Å². The Morgan fingerprint density at radius 2 is 1.64 bits per heavy atom. The lowest BCUT2D eigenvalue weighted by Crippen LogP contribution is -1.98. The van der Waals surface area contributed by atoms with E-state index in [0.29, 0.717) is 6.42 Å².